The molecule has 0 saturated heterocycles. The molecule has 0 amide bonds. The predicted molar refractivity (Wildman–Crippen MR) is 121 cm³/mol. The van der Waals surface area contributed by atoms with Gasteiger partial charge in [0.15, 0.2) is 0 Å². The molecule has 0 saturated carbocycles. The summed E-state index contributed by atoms with van der Waals surface area (Å²) in [6.07, 6.45) is 0. The minimum atomic E-state index is -4.58. The summed E-state index contributed by atoms with van der Waals surface area (Å²) in [4.78, 5) is -0.235. The van der Waals surface area contributed by atoms with Crippen LogP contribution in [0.5, 0.6) is 0 Å². The zero-order valence-electron chi connectivity index (χ0n) is 16.2. The van der Waals surface area contributed by atoms with Crippen molar-refractivity contribution in [2.45, 2.75) is 4.90 Å². The summed E-state index contributed by atoms with van der Waals surface area (Å²) >= 11 is 0. The third-order valence-corrected chi connectivity index (χ3v) is 10.5. The predicted octanol–water partition coefficient (Wildman–Crippen LogP) is 3.83. The van der Waals surface area contributed by atoms with E-state index in [1.165, 1.54) is 36.4 Å². The summed E-state index contributed by atoms with van der Waals surface area (Å²) < 4.78 is 62.4. The van der Waals surface area contributed by atoms with Crippen LogP contribution >= 0.6 is 7.26 Å². The minimum Gasteiger partial charge on any atom is -0.282 e. The molecule has 0 fully saturated rings. The summed E-state index contributed by atoms with van der Waals surface area (Å²) in [6, 6.07) is 27.1. The van der Waals surface area contributed by atoms with Gasteiger partial charge in [0.2, 0.25) is 0 Å². The van der Waals surface area contributed by atoms with E-state index >= 15 is 0 Å². The Morgan fingerprint density at radius 1 is 0.581 bits per heavy atom. The summed E-state index contributed by atoms with van der Waals surface area (Å²) in [5.74, 6) is -0.867. The van der Waals surface area contributed by atoms with Gasteiger partial charge in [-0.15, -0.1) is 0 Å². The molecular formula is C24H18F2O3PS+. The Morgan fingerprint density at radius 2 is 1.00 bits per heavy atom. The molecule has 0 heterocycles. The van der Waals surface area contributed by atoms with Gasteiger partial charge in [0, 0.05) is 0 Å². The second-order valence-corrected chi connectivity index (χ2v) is 11.7. The number of hydrogen-bond acceptors (Lipinski definition) is 2. The Balaban J connectivity index is 2.22. The highest BCUT2D eigenvalue weighted by atomic mass is 32.2. The maximum atomic E-state index is 13.8. The fourth-order valence-corrected chi connectivity index (χ4v) is 9.39. The van der Waals surface area contributed by atoms with E-state index in [0.717, 1.165) is 5.30 Å². The topological polar surface area (TPSA) is 54.4 Å². The Kier molecular flexibility index (Phi) is 5.71. The molecule has 156 valence electrons. The first-order valence-electron chi connectivity index (χ1n) is 9.37. The van der Waals surface area contributed by atoms with E-state index in [0.29, 0.717) is 15.9 Å². The lowest BCUT2D eigenvalue weighted by atomic mass is 10.3. The lowest BCUT2D eigenvalue weighted by Crippen LogP contribution is -2.40. The Labute approximate surface area is 180 Å². The van der Waals surface area contributed by atoms with Gasteiger partial charge in [0.25, 0.3) is 10.1 Å². The van der Waals surface area contributed by atoms with Crippen LogP contribution in [0.4, 0.5) is 8.78 Å². The van der Waals surface area contributed by atoms with Crippen molar-refractivity contribution >= 4 is 38.6 Å². The second kappa shape index (κ2) is 8.31. The normalized spacial score (nSPS) is 12.0. The number of benzene rings is 4. The van der Waals surface area contributed by atoms with E-state index in [4.69, 9.17) is 0 Å². The monoisotopic (exact) mass is 455 g/mol. The fraction of sp³-hybridized carbons (Fsp3) is 0. The Hall–Kier alpha value is -2.92. The lowest BCUT2D eigenvalue weighted by molar-refractivity contribution is 0.484. The third kappa shape index (κ3) is 3.90. The van der Waals surface area contributed by atoms with Gasteiger partial charge in [-0.25, -0.2) is 8.78 Å². The van der Waals surface area contributed by atoms with E-state index in [1.54, 1.807) is 36.4 Å². The third-order valence-electron chi connectivity index (χ3n) is 5.08. The average Bonchev–Trinajstić information content (AvgIpc) is 2.77. The van der Waals surface area contributed by atoms with Gasteiger partial charge in [-0.2, -0.15) is 8.42 Å². The van der Waals surface area contributed by atoms with E-state index in [9.17, 15) is 21.8 Å². The standard InChI is InChI=1S/C24H17F2O3PS/c25-18-10-14-21(15-11-18)30(20-6-2-1-3-7-20,22-16-12-19(26)13-17-22)23-8-4-5-9-24(23)31(27,28)29/h1-17H/p+1. The van der Waals surface area contributed by atoms with E-state index in [1.807, 2.05) is 30.3 Å². The van der Waals surface area contributed by atoms with Crippen molar-refractivity contribution < 1.29 is 21.8 Å². The van der Waals surface area contributed by atoms with Gasteiger partial charge >= 0.3 is 0 Å². The zero-order chi connectivity index (χ0) is 22.1. The Morgan fingerprint density at radius 3 is 1.48 bits per heavy atom. The smallest absolute Gasteiger partial charge is 0.282 e. The molecule has 4 aromatic carbocycles. The largest absolute Gasteiger partial charge is 0.298 e. The number of hydrogen-bond donors (Lipinski definition) is 1. The maximum absolute atomic E-state index is 13.8. The van der Waals surface area contributed by atoms with Gasteiger partial charge in [-0.1, -0.05) is 30.3 Å². The van der Waals surface area contributed by atoms with Crippen LogP contribution in [0.3, 0.4) is 0 Å². The summed E-state index contributed by atoms with van der Waals surface area (Å²) in [6.45, 7) is 0. The molecule has 1 N–H and O–H groups in total. The zero-order valence-corrected chi connectivity index (χ0v) is 17.9. The van der Waals surface area contributed by atoms with Crippen molar-refractivity contribution in [1.29, 1.82) is 0 Å². The summed E-state index contributed by atoms with van der Waals surface area (Å²) in [5.41, 5.74) is 0. The van der Waals surface area contributed by atoms with Crippen LogP contribution < -0.4 is 21.2 Å². The van der Waals surface area contributed by atoms with Gasteiger partial charge in [-0.05, 0) is 72.8 Å². The van der Waals surface area contributed by atoms with Crippen molar-refractivity contribution in [3.05, 3.63) is 115 Å². The SMILES string of the molecule is O=S(=O)(O)c1ccccc1[P+](c1ccccc1)(c1ccc(F)cc1)c1ccc(F)cc1. The van der Waals surface area contributed by atoms with Crippen LogP contribution in [-0.2, 0) is 10.1 Å². The highest BCUT2D eigenvalue weighted by molar-refractivity contribution is 8.02. The van der Waals surface area contributed by atoms with E-state index in [-0.39, 0.29) is 4.90 Å². The number of rotatable bonds is 5. The number of halogens is 2. The first kappa shape index (κ1) is 21.3. The van der Waals surface area contributed by atoms with Crippen molar-refractivity contribution in [2.24, 2.45) is 0 Å². The van der Waals surface area contributed by atoms with E-state index in [2.05, 4.69) is 0 Å². The molecule has 0 atom stereocenters. The highest BCUT2D eigenvalue weighted by Crippen LogP contribution is 2.55. The first-order valence-corrected chi connectivity index (χ1v) is 12.6. The molecule has 31 heavy (non-hydrogen) atoms. The molecule has 4 rings (SSSR count). The molecule has 0 aliphatic carbocycles. The van der Waals surface area contributed by atoms with Crippen LogP contribution in [0.25, 0.3) is 0 Å². The van der Waals surface area contributed by atoms with Crippen molar-refractivity contribution in [3.63, 3.8) is 0 Å². The van der Waals surface area contributed by atoms with Crippen molar-refractivity contribution in [2.75, 3.05) is 0 Å². The van der Waals surface area contributed by atoms with Crippen LogP contribution in [0, 0.1) is 11.6 Å². The highest BCUT2D eigenvalue weighted by Gasteiger charge is 2.50. The molecule has 3 nitrogen and oxygen atoms in total. The maximum Gasteiger partial charge on any atom is 0.298 e. The average molecular weight is 455 g/mol. The minimum absolute atomic E-state index is 0.235. The molecule has 0 aliphatic rings. The van der Waals surface area contributed by atoms with Gasteiger partial charge in [-0.3, -0.25) is 4.55 Å². The lowest BCUT2D eigenvalue weighted by Gasteiger charge is -2.28. The van der Waals surface area contributed by atoms with Crippen molar-refractivity contribution in [3.8, 4) is 0 Å². The summed E-state index contributed by atoms with van der Waals surface area (Å²) in [5, 5.41) is 2.50. The summed E-state index contributed by atoms with van der Waals surface area (Å²) in [7, 11) is -7.53. The van der Waals surface area contributed by atoms with Crippen LogP contribution in [0.1, 0.15) is 0 Å². The molecule has 4 aromatic rings. The molecular weight excluding hydrogens is 437 g/mol. The van der Waals surface area contributed by atoms with Gasteiger partial charge in [0.05, 0.1) is 0 Å². The van der Waals surface area contributed by atoms with Crippen LogP contribution in [-0.4, -0.2) is 13.0 Å². The van der Waals surface area contributed by atoms with Gasteiger partial charge in [0.1, 0.15) is 45.0 Å². The molecule has 0 radical (unpaired) electrons. The molecule has 0 spiro atoms. The van der Waals surface area contributed by atoms with Crippen LogP contribution in [0.2, 0.25) is 0 Å². The fourth-order valence-electron chi connectivity index (χ4n) is 3.80. The van der Waals surface area contributed by atoms with Crippen LogP contribution in [0.15, 0.2) is 108 Å². The first-order chi connectivity index (χ1) is 14.8. The second-order valence-electron chi connectivity index (χ2n) is 6.90. The molecule has 0 aromatic heterocycles. The van der Waals surface area contributed by atoms with Gasteiger partial charge < -0.3 is 0 Å². The molecule has 0 bridgehead atoms. The molecule has 0 aliphatic heterocycles. The van der Waals surface area contributed by atoms with Crippen molar-refractivity contribution in [1.82, 2.24) is 0 Å². The molecule has 7 heteroatoms. The Bertz CT molecular complexity index is 1260. The van der Waals surface area contributed by atoms with E-state index < -0.39 is 29.0 Å². The quantitative estimate of drug-likeness (QED) is 0.368. The molecule has 0 unspecified atom stereocenters.